The number of hydroxylamine groups is 1. The van der Waals surface area contributed by atoms with Gasteiger partial charge in [-0.15, -0.1) is 0 Å². The van der Waals surface area contributed by atoms with Crippen LogP contribution in [0.15, 0.2) is 36.5 Å². The van der Waals surface area contributed by atoms with Crippen molar-refractivity contribution in [3.05, 3.63) is 42.2 Å². The number of ether oxygens (including phenoxy) is 2. The molecular weight excluding hydrogens is 438 g/mol. The van der Waals surface area contributed by atoms with E-state index in [1.165, 1.54) is 21.9 Å². The van der Waals surface area contributed by atoms with Gasteiger partial charge in [0.15, 0.2) is 14.6 Å². The molecule has 1 aliphatic heterocycles. The van der Waals surface area contributed by atoms with E-state index < -0.39 is 20.5 Å². The number of benzene rings is 1. The number of nitrogens with zero attached hydrogens (tertiary/aromatic N) is 2. The molecule has 1 aliphatic rings. The Kier molecular flexibility index (Phi) is 6.91. The molecule has 3 rings (SSSR count). The number of sulfone groups is 1. The van der Waals surface area contributed by atoms with Crippen LogP contribution >= 0.6 is 0 Å². The van der Waals surface area contributed by atoms with E-state index in [0.29, 0.717) is 13.2 Å². The van der Waals surface area contributed by atoms with Crippen molar-refractivity contribution < 1.29 is 32.7 Å². The topological polar surface area (TPSA) is 127 Å². The zero-order valence-corrected chi connectivity index (χ0v) is 19.0. The number of nitrogens with one attached hydrogen (secondary N) is 1. The van der Waals surface area contributed by atoms with Gasteiger partial charge in [0, 0.05) is 37.4 Å². The maximum atomic E-state index is 12.8. The van der Waals surface area contributed by atoms with Crippen LogP contribution in [0.3, 0.4) is 0 Å². The SMILES string of the molecule is COCCOc1ccc(-c2cc3n(c2)C(=O)N(CCC(C)(C(=O)NO)S(C)(=O)=O)C3)cc1. The maximum Gasteiger partial charge on any atom is 0.328 e. The third-order valence-corrected chi connectivity index (χ3v) is 7.76. The van der Waals surface area contributed by atoms with Gasteiger partial charge >= 0.3 is 6.03 Å². The minimum atomic E-state index is -3.83. The van der Waals surface area contributed by atoms with E-state index >= 15 is 0 Å². The summed E-state index contributed by atoms with van der Waals surface area (Å²) in [5, 5.41) is 8.93. The molecule has 2 heterocycles. The van der Waals surface area contributed by atoms with Crippen molar-refractivity contribution in [1.29, 1.82) is 0 Å². The van der Waals surface area contributed by atoms with Crippen molar-refractivity contribution in [2.45, 2.75) is 24.6 Å². The highest BCUT2D eigenvalue weighted by Gasteiger charge is 2.44. The van der Waals surface area contributed by atoms with Crippen LogP contribution in [0.5, 0.6) is 5.75 Å². The van der Waals surface area contributed by atoms with E-state index in [1.54, 1.807) is 13.3 Å². The number of carbonyl (C=O) groups is 2. The molecular formula is C21H27N3O7S. The van der Waals surface area contributed by atoms with E-state index in [0.717, 1.165) is 28.8 Å². The summed E-state index contributed by atoms with van der Waals surface area (Å²) in [5.74, 6) is -0.302. The predicted octanol–water partition coefficient (Wildman–Crippen LogP) is 1.66. The molecule has 0 saturated heterocycles. The number of amides is 2. The van der Waals surface area contributed by atoms with Crippen LogP contribution in [0.2, 0.25) is 0 Å². The Bertz CT molecular complexity index is 1100. The standard InChI is InChI=1S/C21H27N3O7S/c1-21(19(25)22-27,32(3,28)29)8-9-23-14-17-12-16(13-24(17)20(23)26)15-4-6-18(7-5-15)31-11-10-30-2/h4-7,12-13,27H,8-11,14H2,1-3H3,(H,22,25). The Morgan fingerprint density at radius 2 is 1.91 bits per heavy atom. The molecule has 10 nitrogen and oxygen atoms in total. The maximum absolute atomic E-state index is 12.8. The Labute approximate surface area is 186 Å². The first kappa shape index (κ1) is 23.8. The summed E-state index contributed by atoms with van der Waals surface area (Å²) < 4.78 is 34.4. The first-order chi connectivity index (χ1) is 15.1. The Hall–Kier alpha value is -2.89. The van der Waals surface area contributed by atoms with Gasteiger partial charge in [0.1, 0.15) is 12.4 Å². The third kappa shape index (κ3) is 4.64. The summed E-state index contributed by atoms with van der Waals surface area (Å²) in [6, 6.07) is 9.10. The number of rotatable bonds is 10. The quantitative estimate of drug-likeness (QED) is 0.310. The van der Waals surface area contributed by atoms with Crippen LogP contribution in [0.25, 0.3) is 11.1 Å². The van der Waals surface area contributed by atoms with E-state index in [1.807, 2.05) is 30.3 Å². The second-order valence-electron chi connectivity index (χ2n) is 7.85. The average Bonchev–Trinajstić information content (AvgIpc) is 3.30. The fraction of sp³-hybridized carbons (Fsp3) is 0.429. The molecule has 32 heavy (non-hydrogen) atoms. The lowest BCUT2D eigenvalue weighted by Gasteiger charge is -2.27. The predicted molar refractivity (Wildman–Crippen MR) is 116 cm³/mol. The number of methoxy groups -OCH3 is 1. The minimum absolute atomic E-state index is 0.0420. The summed E-state index contributed by atoms with van der Waals surface area (Å²) in [6.07, 6.45) is 2.51. The molecule has 1 aromatic carbocycles. The van der Waals surface area contributed by atoms with Gasteiger partial charge in [0.05, 0.1) is 13.2 Å². The van der Waals surface area contributed by atoms with Gasteiger partial charge < -0.3 is 14.4 Å². The molecule has 2 aromatic rings. The molecule has 1 atom stereocenters. The van der Waals surface area contributed by atoms with E-state index in [2.05, 4.69) is 0 Å². The normalized spacial score (nSPS) is 15.4. The molecule has 1 aromatic heterocycles. The summed E-state index contributed by atoms with van der Waals surface area (Å²) in [5.41, 5.74) is 3.97. The van der Waals surface area contributed by atoms with Gasteiger partial charge in [-0.05, 0) is 37.1 Å². The van der Waals surface area contributed by atoms with Crippen molar-refractivity contribution in [2.24, 2.45) is 0 Å². The van der Waals surface area contributed by atoms with Crippen LogP contribution in [-0.2, 0) is 25.9 Å². The molecule has 0 radical (unpaired) electrons. The Morgan fingerprint density at radius 3 is 2.47 bits per heavy atom. The lowest BCUT2D eigenvalue weighted by molar-refractivity contribution is -0.131. The van der Waals surface area contributed by atoms with Crippen LogP contribution in [0.4, 0.5) is 4.79 Å². The van der Waals surface area contributed by atoms with E-state index in [-0.39, 0.29) is 25.5 Å². The van der Waals surface area contributed by atoms with Crippen LogP contribution in [-0.4, -0.2) is 72.9 Å². The smallest absolute Gasteiger partial charge is 0.328 e. The molecule has 2 amide bonds. The molecule has 0 bridgehead atoms. The molecule has 0 aliphatic carbocycles. The molecule has 174 valence electrons. The van der Waals surface area contributed by atoms with Crippen LogP contribution in [0.1, 0.15) is 19.0 Å². The molecule has 2 N–H and O–H groups in total. The number of fused-ring (bicyclic) bond motifs is 1. The van der Waals surface area contributed by atoms with E-state index in [9.17, 15) is 18.0 Å². The second kappa shape index (κ2) is 9.31. The highest BCUT2D eigenvalue weighted by Crippen LogP contribution is 2.30. The van der Waals surface area contributed by atoms with Crippen molar-refractivity contribution in [3.8, 4) is 16.9 Å². The van der Waals surface area contributed by atoms with Gasteiger partial charge in [0.25, 0.3) is 5.91 Å². The van der Waals surface area contributed by atoms with E-state index in [4.69, 9.17) is 14.7 Å². The minimum Gasteiger partial charge on any atom is -0.491 e. The zero-order chi connectivity index (χ0) is 23.5. The highest BCUT2D eigenvalue weighted by atomic mass is 32.2. The van der Waals surface area contributed by atoms with Gasteiger partial charge in [0.2, 0.25) is 0 Å². The highest BCUT2D eigenvalue weighted by molar-refractivity contribution is 7.92. The second-order valence-corrected chi connectivity index (χ2v) is 10.3. The summed E-state index contributed by atoms with van der Waals surface area (Å²) >= 11 is 0. The van der Waals surface area contributed by atoms with Crippen LogP contribution in [0, 0.1) is 0 Å². The number of hydrogen-bond acceptors (Lipinski definition) is 7. The van der Waals surface area contributed by atoms with Gasteiger partial charge in [-0.3, -0.25) is 14.6 Å². The largest absolute Gasteiger partial charge is 0.491 e. The van der Waals surface area contributed by atoms with Crippen molar-refractivity contribution in [2.75, 3.05) is 33.1 Å². The van der Waals surface area contributed by atoms with Gasteiger partial charge in [-0.2, -0.15) is 0 Å². The zero-order valence-electron chi connectivity index (χ0n) is 18.2. The monoisotopic (exact) mass is 465 g/mol. The Balaban J connectivity index is 1.68. The first-order valence-corrected chi connectivity index (χ1v) is 11.9. The summed E-state index contributed by atoms with van der Waals surface area (Å²) in [4.78, 5) is 26.2. The molecule has 1 unspecified atom stereocenters. The molecule has 11 heteroatoms. The van der Waals surface area contributed by atoms with Gasteiger partial charge in [-0.25, -0.2) is 18.7 Å². The van der Waals surface area contributed by atoms with Gasteiger partial charge in [-0.1, -0.05) is 12.1 Å². The lowest BCUT2D eigenvalue weighted by Crippen LogP contribution is -2.50. The Morgan fingerprint density at radius 1 is 1.22 bits per heavy atom. The number of hydrogen-bond donors (Lipinski definition) is 2. The van der Waals surface area contributed by atoms with Crippen LogP contribution < -0.4 is 10.2 Å². The molecule has 0 saturated carbocycles. The summed E-state index contributed by atoms with van der Waals surface area (Å²) in [6.45, 7) is 2.52. The van der Waals surface area contributed by atoms with Crippen molar-refractivity contribution in [3.63, 3.8) is 0 Å². The lowest BCUT2D eigenvalue weighted by atomic mass is 10.1. The first-order valence-electron chi connectivity index (χ1n) is 9.97. The average molecular weight is 466 g/mol. The fourth-order valence-electron chi connectivity index (χ4n) is 3.48. The summed E-state index contributed by atoms with van der Waals surface area (Å²) in [7, 11) is -2.22. The van der Waals surface area contributed by atoms with Crippen molar-refractivity contribution >= 4 is 21.8 Å². The third-order valence-electron chi connectivity index (χ3n) is 5.73. The number of carbonyl (C=O) groups excluding carboxylic acids is 2. The van der Waals surface area contributed by atoms with Crippen molar-refractivity contribution in [1.82, 2.24) is 14.9 Å². The number of aromatic nitrogens is 1. The fourth-order valence-corrected chi connectivity index (χ4v) is 4.32. The molecule has 0 spiro atoms. The molecule has 0 fully saturated rings.